The zero-order valence-electron chi connectivity index (χ0n) is 31.5. The lowest BCUT2D eigenvalue weighted by Gasteiger charge is -2.40. The molecule has 0 aromatic carbocycles. The molecule has 2 unspecified atom stereocenters. The first-order chi connectivity index (χ1) is 24.5. The molecule has 13 heteroatoms. The first-order valence-electron chi connectivity index (χ1n) is 19.7. The van der Waals surface area contributed by atoms with Gasteiger partial charge in [-0.3, -0.25) is 14.1 Å². The molecule has 0 saturated carbocycles. The quantitative estimate of drug-likeness (QED) is 0.0247. The van der Waals surface area contributed by atoms with Crippen LogP contribution in [0.1, 0.15) is 162 Å². The number of rotatable bonds is 32. The minimum absolute atomic E-state index is 0.0847. The van der Waals surface area contributed by atoms with Crippen LogP contribution in [0.3, 0.4) is 0 Å². The Kier molecular flexibility index (Phi) is 27.7. The summed E-state index contributed by atoms with van der Waals surface area (Å²) in [5.41, 5.74) is 0. The number of aliphatic hydroxyl groups is 3. The average molecular weight is 751 g/mol. The molecule has 0 bridgehead atoms. The van der Waals surface area contributed by atoms with Crippen molar-refractivity contribution in [1.29, 1.82) is 0 Å². The molecule has 1 aliphatic rings. The largest absolute Gasteiger partial charge is 0.462 e. The summed E-state index contributed by atoms with van der Waals surface area (Å²) in [6.45, 7) is 3.67. The van der Waals surface area contributed by atoms with Crippen molar-refractivity contribution in [2.45, 2.75) is 198 Å². The number of esters is 2. The van der Waals surface area contributed by atoms with E-state index in [-0.39, 0.29) is 19.4 Å². The molecule has 0 aliphatic carbocycles. The topological polar surface area (TPSA) is 186 Å². The smallest absolute Gasteiger partial charge is 0.306 e. The molecule has 0 aromatic heterocycles. The Morgan fingerprint density at radius 1 is 0.647 bits per heavy atom. The summed E-state index contributed by atoms with van der Waals surface area (Å²) in [5.74, 6) is -2.04. The summed E-state index contributed by atoms with van der Waals surface area (Å²) < 4.78 is 53.7. The van der Waals surface area contributed by atoms with E-state index in [0.29, 0.717) is 12.8 Å². The van der Waals surface area contributed by atoms with Crippen molar-refractivity contribution in [3.8, 4) is 0 Å². The maximum atomic E-state index is 12.7. The SMILES string of the molecule is CCCCCCCCCCCCC/C=C/CCC(=O)O[C@H](COC(=O)CCCCCCCCCC)CO[C@H]1O[C@H](CS(=O)(=O)O)[C@@H](O)C(O)C1O. The maximum absolute atomic E-state index is 12.7. The molecule has 0 spiro atoms. The molecule has 51 heavy (non-hydrogen) atoms. The molecule has 300 valence electrons. The molecule has 1 aliphatic heterocycles. The van der Waals surface area contributed by atoms with Gasteiger partial charge in [0.15, 0.2) is 12.4 Å². The standard InChI is InChI=1S/C38H70O12S/c1-3-5-7-9-11-13-14-15-16-17-18-19-21-23-25-27-34(40)49-31(28-47-33(39)26-24-22-20-12-10-8-6-4-2)29-48-38-37(43)36(42)35(41)32(50-38)30-51(44,45)46/h21,23,31-32,35-38,41-43H,3-20,22,24-30H2,1-2H3,(H,44,45,46)/b23-21+/t31-,32-,35-,36?,37?,38+/m1/s1. The van der Waals surface area contributed by atoms with Gasteiger partial charge in [0.05, 0.1) is 6.61 Å². The van der Waals surface area contributed by atoms with E-state index in [1.807, 2.05) is 6.08 Å². The summed E-state index contributed by atoms with van der Waals surface area (Å²) in [7, 11) is -4.60. The van der Waals surface area contributed by atoms with Crippen LogP contribution in [-0.4, -0.2) is 96.0 Å². The van der Waals surface area contributed by atoms with Crippen LogP contribution in [0.15, 0.2) is 12.2 Å². The van der Waals surface area contributed by atoms with E-state index < -0.39 is 71.2 Å². The minimum Gasteiger partial charge on any atom is -0.462 e. The van der Waals surface area contributed by atoms with Crippen molar-refractivity contribution in [1.82, 2.24) is 0 Å². The third-order valence-corrected chi connectivity index (χ3v) is 9.86. The molecule has 1 fully saturated rings. The fourth-order valence-electron chi connectivity index (χ4n) is 5.99. The summed E-state index contributed by atoms with van der Waals surface area (Å²) in [4.78, 5) is 25.1. The van der Waals surface area contributed by atoms with Gasteiger partial charge in [-0.05, 0) is 25.7 Å². The molecule has 1 saturated heterocycles. The number of aliphatic hydroxyl groups excluding tert-OH is 3. The molecule has 12 nitrogen and oxygen atoms in total. The first-order valence-corrected chi connectivity index (χ1v) is 21.4. The summed E-state index contributed by atoms with van der Waals surface area (Å²) in [6, 6.07) is 0. The van der Waals surface area contributed by atoms with Crippen LogP contribution in [-0.2, 0) is 38.7 Å². The molecule has 6 atom stereocenters. The van der Waals surface area contributed by atoms with E-state index in [4.69, 9.17) is 18.9 Å². The molecular formula is C38H70O12S. The summed E-state index contributed by atoms with van der Waals surface area (Å²) in [5, 5.41) is 30.7. The van der Waals surface area contributed by atoms with E-state index in [1.165, 1.54) is 89.9 Å². The van der Waals surface area contributed by atoms with E-state index in [9.17, 15) is 37.9 Å². The maximum Gasteiger partial charge on any atom is 0.306 e. The van der Waals surface area contributed by atoms with Crippen LogP contribution >= 0.6 is 0 Å². The third kappa shape index (κ3) is 25.1. The Balaban J connectivity index is 2.52. The highest BCUT2D eigenvalue weighted by Crippen LogP contribution is 2.24. The Bertz CT molecular complexity index is 1020. The van der Waals surface area contributed by atoms with Gasteiger partial charge in [0.1, 0.15) is 36.8 Å². The number of hydrogen-bond acceptors (Lipinski definition) is 11. The van der Waals surface area contributed by atoms with Gasteiger partial charge in [-0.15, -0.1) is 0 Å². The predicted octanol–water partition coefficient (Wildman–Crippen LogP) is 6.72. The summed E-state index contributed by atoms with van der Waals surface area (Å²) >= 11 is 0. The molecule has 4 N–H and O–H groups in total. The third-order valence-electron chi connectivity index (χ3n) is 9.11. The van der Waals surface area contributed by atoms with Gasteiger partial charge >= 0.3 is 11.9 Å². The van der Waals surface area contributed by atoms with E-state index in [2.05, 4.69) is 19.9 Å². The fraction of sp³-hybridized carbons (Fsp3) is 0.895. The van der Waals surface area contributed by atoms with Crippen LogP contribution in [0.2, 0.25) is 0 Å². The van der Waals surface area contributed by atoms with Crippen LogP contribution < -0.4 is 0 Å². The van der Waals surface area contributed by atoms with Gasteiger partial charge in [0.25, 0.3) is 10.1 Å². The Labute approximate surface area is 307 Å². The predicted molar refractivity (Wildman–Crippen MR) is 197 cm³/mol. The van der Waals surface area contributed by atoms with Gasteiger partial charge in [0.2, 0.25) is 0 Å². The van der Waals surface area contributed by atoms with E-state index in [0.717, 1.165) is 32.1 Å². The van der Waals surface area contributed by atoms with Crippen molar-refractivity contribution in [3.05, 3.63) is 12.2 Å². The molecule has 1 rings (SSSR count). The van der Waals surface area contributed by atoms with Crippen LogP contribution in [0.5, 0.6) is 0 Å². The second-order valence-corrected chi connectivity index (χ2v) is 15.4. The number of ether oxygens (including phenoxy) is 4. The second-order valence-electron chi connectivity index (χ2n) is 14.0. The Hall–Kier alpha value is -1.61. The highest BCUT2D eigenvalue weighted by molar-refractivity contribution is 7.85. The van der Waals surface area contributed by atoms with Crippen molar-refractivity contribution in [3.63, 3.8) is 0 Å². The van der Waals surface area contributed by atoms with Crippen LogP contribution in [0, 0.1) is 0 Å². The number of unbranched alkanes of at least 4 members (excludes halogenated alkanes) is 18. The van der Waals surface area contributed by atoms with Gasteiger partial charge in [0, 0.05) is 12.8 Å². The average Bonchev–Trinajstić information content (AvgIpc) is 3.09. The molecule has 0 aromatic rings. The highest BCUT2D eigenvalue weighted by atomic mass is 32.2. The van der Waals surface area contributed by atoms with Gasteiger partial charge < -0.3 is 34.3 Å². The zero-order valence-corrected chi connectivity index (χ0v) is 32.3. The highest BCUT2D eigenvalue weighted by Gasteiger charge is 2.46. The molecule has 1 heterocycles. The van der Waals surface area contributed by atoms with Crippen LogP contribution in [0.25, 0.3) is 0 Å². The first kappa shape index (κ1) is 47.4. The van der Waals surface area contributed by atoms with E-state index in [1.54, 1.807) is 0 Å². The van der Waals surface area contributed by atoms with Crippen molar-refractivity contribution in [2.75, 3.05) is 19.0 Å². The minimum atomic E-state index is -4.60. The second kappa shape index (κ2) is 29.8. The lowest BCUT2D eigenvalue weighted by Crippen LogP contribution is -2.60. The molecule has 0 radical (unpaired) electrons. The number of carbonyl (C=O) groups excluding carboxylic acids is 2. The van der Waals surface area contributed by atoms with Gasteiger partial charge in [-0.1, -0.05) is 135 Å². The Morgan fingerprint density at radius 3 is 1.71 bits per heavy atom. The van der Waals surface area contributed by atoms with Crippen molar-refractivity contribution in [2.24, 2.45) is 0 Å². The normalized spacial score (nSPS) is 21.6. The van der Waals surface area contributed by atoms with Crippen molar-refractivity contribution >= 4 is 22.1 Å². The number of carbonyl (C=O) groups is 2. The molecular weight excluding hydrogens is 680 g/mol. The van der Waals surface area contributed by atoms with Crippen LogP contribution in [0.4, 0.5) is 0 Å². The van der Waals surface area contributed by atoms with E-state index >= 15 is 0 Å². The number of allylic oxidation sites excluding steroid dienone is 2. The van der Waals surface area contributed by atoms with Gasteiger partial charge in [-0.2, -0.15) is 8.42 Å². The Morgan fingerprint density at radius 2 is 1.16 bits per heavy atom. The monoisotopic (exact) mass is 750 g/mol. The van der Waals surface area contributed by atoms with Crippen molar-refractivity contribution < 1.29 is 56.8 Å². The number of hydrogen-bond donors (Lipinski definition) is 4. The fourth-order valence-corrected chi connectivity index (χ4v) is 6.68. The lowest BCUT2D eigenvalue weighted by atomic mass is 10.00. The lowest BCUT2D eigenvalue weighted by molar-refractivity contribution is -0.297. The van der Waals surface area contributed by atoms with Gasteiger partial charge in [-0.25, -0.2) is 0 Å². The zero-order chi connectivity index (χ0) is 37.7. The summed E-state index contributed by atoms with van der Waals surface area (Å²) in [6.07, 6.45) is 18.7. The molecule has 0 amide bonds.